The lowest BCUT2D eigenvalue weighted by atomic mass is 10.0. The number of carbonyl (C=O) groups excluding carboxylic acids is 1. The summed E-state index contributed by atoms with van der Waals surface area (Å²) in [5, 5.41) is 4.61. The Morgan fingerprint density at radius 2 is 2.04 bits per heavy atom. The molecule has 5 nitrogen and oxygen atoms in total. The standard InChI is InChI=1S/C17H18BrClN4O/c18-11-9-13-15(1-4-20-16(13)14(19)10-11)22-6-2-12(3-7-22)23-8-5-21-17(23)24/h1,4,9-10,12H,2-3,5-8H2,(H,21,24). The Hall–Kier alpha value is -1.53. The maximum Gasteiger partial charge on any atom is 0.317 e. The molecule has 3 heterocycles. The van der Waals surface area contributed by atoms with Crippen LogP contribution in [0.4, 0.5) is 10.5 Å². The van der Waals surface area contributed by atoms with E-state index in [1.165, 1.54) is 0 Å². The van der Waals surface area contributed by atoms with Crippen LogP contribution < -0.4 is 10.2 Å². The molecule has 0 spiro atoms. The van der Waals surface area contributed by atoms with Gasteiger partial charge in [-0.2, -0.15) is 0 Å². The zero-order valence-corrected chi connectivity index (χ0v) is 15.5. The molecule has 0 unspecified atom stereocenters. The van der Waals surface area contributed by atoms with Gasteiger partial charge in [0, 0.05) is 54.0 Å². The number of halogens is 2. The molecule has 0 bridgehead atoms. The summed E-state index contributed by atoms with van der Waals surface area (Å²) in [7, 11) is 0. The Bertz CT molecular complexity index is 791. The van der Waals surface area contributed by atoms with Crippen LogP contribution in [-0.4, -0.2) is 48.1 Å². The summed E-state index contributed by atoms with van der Waals surface area (Å²) in [6, 6.07) is 6.42. The van der Waals surface area contributed by atoms with Crippen molar-refractivity contribution in [2.45, 2.75) is 18.9 Å². The van der Waals surface area contributed by atoms with Crippen molar-refractivity contribution in [2.24, 2.45) is 0 Å². The largest absolute Gasteiger partial charge is 0.371 e. The third kappa shape index (κ3) is 2.82. The van der Waals surface area contributed by atoms with E-state index < -0.39 is 0 Å². The van der Waals surface area contributed by atoms with Gasteiger partial charge in [0.1, 0.15) is 0 Å². The SMILES string of the molecule is O=C1NCCN1C1CCN(c2ccnc3c(Cl)cc(Br)cc23)CC1. The summed E-state index contributed by atoms with van der Waals surface area (Å²) in [6.07, 6.45) is 3.79. The quantitative estimate of drug-likeness (QED) is 0.824. The van der Waals surface area contributed by atoms with Crippen LogP contribution in [0.2, 0.25) is 5.02 Å². The first-order valence-corrected chi connectivity index (χ1v) is 9.34. The number of fused-ring (bicyclic) bond motifs is 1. The molecule has 7 heteroatoms. The fraction of sp³-hybridized carbons (Fsp3) is 0.412. The summed E-state index contributed by atoms with van der Waals surface area (Å²) in [6.45, 7) is 3.44. The predicted molar refractivity (Wildman–Crippen MR) is 99.8 cm³/mol. The predicted octanol–water partition coefficient (Wildman–Crippen LogP) is 3.64. The van der Waals surface area contributed by atoms with Crippen LogP contribution in [0.1, 0.15) is 12.8 Å². The number of piperidine rings is 1. The molecule has 0 aliphatic carbocycles. The van der Waals surface area contributed by atoms with Crippen LogP contribution >= 0.6 is 27.5 Å². The Balaban J connectivity index is 1.58. The Kier molecular flexibility index (Phi) is 4.26. The first kappa shape index (κ1) is 16.0. The molecule has 2 saturated heterocycles. The smallest absolute Gasteiger partial charge is 0.317 e. The van der Waals surface area contributed by atoms with Gasteiger partial charge >= 0.3 is 6.03 Å². The average molecular weight is 410 g/mol. The van der Waals surface area contributed by atoms with Crippen molar-refractivity contribution in [1.82, 2.24) is 15.2 Å². The first-order valence-electron chi connectivity index (χ1n) is 8.16. The summed E-state index contributed by atoms with van der Waals surface area (Å²) in [5.41, 5.74) is 1.99. The molecule has 4 rings (SSSR count). The molecule has 2 aliphatic rings. The maximum absolute atomic E-state index is 11.8. The van der Waals surface area contributed by atoms with Gasteiger partial charge in [-0.1, -0.05) is 27.5 Å². The van der Waals surface area contributed by atoms with E-state index in [-0.39, 0.29) is 6.03 Å². The summed E-state index contributed by atoms with van der Waals surface area (Å²) < 4.78 is 0.956. The number of nitrogens with one attached hydrogen (secondary N) is 1. The molecule has 1 aromatic carbocycles. The fourth-order valence-electron chi connectivity index (χ4n) is 3.69. The van der Waals surface area contributed by atoms with Gasteiger partial charge in [-0.05, 0) is 31.0 Å². The second kappa shape index (κ2) is 6.41. The number of rotatable bonds is 2. The molecule has 1 aromatic heterocycles. The minimum atomic E-state index is 0.0820. The van der Waals surface area contributed by atoms with Crippen molar-refractivity contribution in [1.29, 1.82) is 0 Å². The average Bonchev–Trinajstić information content (AvgIpc) is 3.00. The highest BCUT2D eigenvalue weighted by Gasteiger charge is 2.31. The van der Waals surface area contributed by atoms with Crippen LogP contribution in [-0.2, 0) is 0 Å². The minimum Gasteiger partial charge on any atom is -0.371 e. The fourth-order valence-corrected chi connectivity index (χ4v) is 4.55. The zero-order valence-electron chi connectivity index (χ0n) is 13.1. The molecule has 2 aromatic rings. The molecule has 2 fully saturated rings. The third-order valence-electron chi connectivity index (χ3n) is 4.88. The van der Waals surface area contributed by atoms with Gasteiger partial charge in [-0.3, -0.25) is 4.98 Å². The number of carbonyl (C=O) groups is 1. The second-order valence-corrected chi connectivity index (χ2v) is 7.58. The van der Waals surface area contributed by atoms with E-state index in [9.17, 15) is 4.79 Å². The van der Waals surface area contributed by atoms with E-state index in [2.05, 4.69) is 37.2 Å². The Morgan fingerprint density at radius 3 is 2.75 bits per heavy atom. The number of hydrogen-bond acceptors (Lipinski definition) is 3. The van der Waals surface area contributed by atoms with E-state index in [0.29, 0.717) is 11.1 Å². The van der Waals surface area contributed by atoms with Crippen molar-refractivity contribution in [3.63, 3.8) is 0 Å². The van der Waals surface area contributed by atoms with Crippen LogP contribution in [0.25, 0.3) is 10.9 Å². The zero-order chi connectivity index (χ0) is 16.7. The number of hydrogen-bond donors (Lipinski definition) is 1. The highest BCUT2D eigenvalue weighted by Crippen LogP contribution is 2.34. The number of benzene rings is 1. The van der Waals surface area contributed by atoms with E-state index in [1.807, 2.05) is 23.2 Å². The van der Waals surface area contributed by atoms with Gasteiger partial charge in [-0.25, -0.2) is 4.79 Å². The molecule has 126 valence electrons. The first-order chi connectivity index (χ1) is 11.6. The van der Waals surface area contributed by atoms with Gasteiger partial charge in [0.2, 0.25) is 0 Å². The number of aromatic nitrogens is 1. The minimum absolute atomic E-state index is 0.0820. The van der Waals surface area contributed by atoms with Crippen molar-refractivity contribution >= 4 is 50.2 Å². The third-order valence-corrected chi connectivity index (χ3v) is 5.62. The van der Waals surface area contributed by atoms with Gasteiger partial charge in [0.15, 0.2) is 0 Å². The van der Waals surface area contributed by atoms with Gasteiger partial charge in [-0.15, -0.1) is 0 Å². The topological polar surface area (TPSA) is 48.5 Å². The van der Waals surface area contributed by atoms with Crippen LogP contribution in [0.3, 0.4) is 0 Å². The van der Waals surface area contributed by atoms with Crippen molar-refractivity contribution in [3.05, 3.63) is 33.9 Å². The van der Waals surface area contributed by atoms with E-state index in [4.69, 9.17) is 11.6 Å². The highest BCUT2D eigenvalue weighted by atomic mass is 79.9. The van der Waals surface area contributed by atoms with Crippen molar-refractivity contribution in [3.8, 4) is 0 Å². The Morgan fingerprint density at radius 1 is 1.25 bits per heavy atom. The molecule has 2 aliphatic heterocycles. The summed E-state index contributed by atoms with van der Waals surface area (Å²) >= 11 is 9.86. The number of anilines is 1. The van der Waals surface area contributed by atoms with Crippen molar-refractivity contribution < 1.29 is 4.79 Å². The normalized spacial score (nSPS) is 19.2. The van der Waals surface area contributed by atoms with Crippen molar-refractivity contribution in [2.75, 3.05) is 31.1 Å². The molecule has 24 heavy (non-hydrogen) atoms. The second-order valence-electron chi connectivity index (χ2n) is 6.26. The summed E-state index contributed by atoms with van der Waals surface area (Å²) in [4.78, 5) is 20.6. The number of nitrogens with zero attached hydrogens (tertiary/aromatic N) is 3. The van der Waals surface area contributed by atoms with E-state index in [1.54, 1.807) is 0 Å². The molecule has 0 saturated carbocycles. The molecule has 1 N–H and O–H groups in total. The summed E-state index contributed by atoms with van der Waals surface area (Å²) in [5.74, 6) is 0. The number of urea groups is 1. The molecular formula is C17H18BrClN4O. The maximum atomic E-state index is 11.8. The highest BCUT2D eigenvalue weighted by molar-refractivity contribution is 9.10. The number of pyridine rings is 1. The van der Waals surface area contributed by atoms with Crippen LogP contribution in [0.5, 0.6) is 0 Å². The molecule has 0 radical (unpaired) electrons. The van der Waals surface area contributed by atoms with E-state index >= 15 is 0 Å². The van der Waals surface area contributed by atoms with Gasteiger partial charge in [0.25, 0.3) is 0 Å². The molecule has 2 amide bonds. The Labute approximate surface area is 154 Å². The van der Waals surface area contributed by atoms with Gasteiger partial charge in [0.05, 0.1) is 10.5 Å². The monoisotopic (exact) mass is 408 g/mol. The van der Waals surface area contributed by atoms with Crippen LogP contribution in [0.15, 0.2) is 28.9 Å². The lowest BCUT2D eigenvalue weighted by Gasteiger charge is -2.37. The number of amides is 2. The van der Waals surface area contributed by atoms with E-state index in [0.717, 1.165) is 60.1 Å². The molecular weight excluding hydrogens is 392 g/mol. The van der Waals surface area contributed by atoms with Crippen LogP contribution in [0, 0.1) is 0 Å². The lowest BCUT2D eigenvalue weighted by molar-refractivity contribution is 0.186. The van der Waals surface area contributed by atoms with Gasteiger partial charge < -0.3 is 15.1 Å². The molecule has 0 atom stereocenters. The lowest BCUT2D eigenvalue weighted by Crippen LogP contribution is -2.46.